The van der Waals surface area contributed by atoms with Crippen LogP contribution in [-0.2, 0) is 5.41 Å². The Labute approximate surface area is 177 Å². The van der Waals surface area contributed by atoms with E-state index in [1.807, 2.05) is 73.7 Å². The maximum Gasteiger partial charge on any atom is 0.231 e. The van der Waals surface area contributed by atoms with E-state index in [1.54, 1.807) is 0 Å². The molecule has 4 aromatic rings. The molecule has 0 N–H and O–H groups in total. The lowest BCUT2D eigenvalue weighted by atomic mass is 9.86. The predicted molar refractivity (Wildman–Crippen MR) is 123 cm³/mol. The van der Waals surface area contributed by atoms with Gasteiger partial charge >= 0.3 is 0 Å². The van der Waals surface area contributed by atoms with Crippen molar-refractivity contribution in [1.82, 2.24) is 4.98 Å². The minimum absolute atomic E-state index is 0.0725. The summed E-state index contributed by atoms with van der Waals surface area (Å²) in [5.41, 5.74) is 5.81. The lowest BCUT2D eigenvalue weighted by Crippen LogP contribution is -2.10. The van der Waals surface area contributed by atoms with Crippen molar-refractivity contribution in [3.05, 3.63) is 101 Å². The highest BCUT2D eigenvalue weighted by molar-refractivity contribution is 6.31. The highest BCUT2D eigenvalue weighted by atomic mass is 16.3. The summed E-state index contributed by atoms with van der Waals surface area (Å²) in [5.74, 6) is 0.225. The van der Waals surface area contributed by atoms with Crippen LogP contribution >= 0.6 is 0 Å². The second kappa shape index (κ2) is 7.75. The van der Waals surface area contributed by atoms with Crippen molar-refractivity contribution in [2.24, 2.45) is 0 Å². The third kappa shape index (κ3) is 4.11. The molecule has 0 amide bonds. The summed E-state index contributed by atoms with van der Waals surface area (Å²) in [6.45, 7) is 8.55. The van der Waals surface area contributed by atoms with Crippen LogP contribution in [0.25, 0.3) is 22.7 Å². The molecule has 1 aromatic heterocycles. The highest BCUT2D eigenvalue weighted by Gasteiger charge is 2.20. The number of oxazole rings is 1. The molecule has 0 saturated heterocycles. The molecular weight excluding hydrogens is 370 g/mol. The summed E-state index contributed by atoms with van der Waals surface area (Å²) in [5, 5.41) is 0. The Hall–Kier alpha value is -3.46. The zero-order chi connectivity index (χ0) is 21.3. The summed E-state index contributed by atoms with van der Waals surface area (Å²) in [6.07, 6.45) is 1.86. The number of aryl methyl sites for hydroxylation is 1. The monoisotopic (exact) mass is 395 g/mol. The molecule has 1 heterocycles. The summed E-state index contributed by atoms with van der Waals surface area (Å²) >= 11 is 0. The molecule has 0 saturated carbocycles. The van der Waals surface area contributed by atoms with Gasteiger partial charge in [-0.15, -0.1) is 0 Å². The minimum Gasteiger partial charge on any atom is -0.436 e. The Balaban J connectivity index is 1.81. The minimum atomic E-state index is -0.110. The number of fused-ring (bicyclic) bond motifs is 1. The molecule has 0 radical (unpaired) electrons. The summed E-state index contributed by atoms with van der Waals surface area (Å²) in [7, 11) is 0. The number of carbonyl (C=O) groups excluding carboxylic acids is 1. The van der Waals surface area contributed by atoms with Crippen molar-refractivity contribution >= 4 is 28.5 Å². The van der Waals surface area contributed by atoms with Crippen LogP contribution in [-0.4, -0.2) is 10.8 Å². The van der Waals surface area contributed by atoms with Crippen LogP contribution in [0.1, 0.15) is 53.7 Å². The largest absolute Gasteiger partial charge is 0.436 e. The van der Waals surface area contributed by atoms with Crippen molar-refractivity contribution in [3.63, 3.8) is 0 Å². The molecule has 0 bridgehead atoms. The van der Waals surface area contributed by atoms with Crippen molar-refractivity contribution in [3.8, 4) is 0 Å². The van der Waals surface area contributed by atoms with Gasteiger partial charge in [-0.3, -0.25) is 4.79 Å². The number of rotatable bonds is 4. The topological polar surface area (TPSA) is 43.1 Å². The first-order valence-electron chi connectivity index (χ1n) is 10.1. The Morgan fingerprint density at radius 1 is 0.900 bits per heavy atom. The molecule has 0 aliphatic heterocycles. The molecule has 0 atom stereocenters. The predicted octanol–water partition coefficient (Wildman–Crippen LogP) is 6.86. The third-order valence-electron chi connectivity index (χ3n) is 5.17. The second-order valence-electron chi connectivity index (χ2n) is 8.61. The van der Waals surface area contributed by atoms with Crippen molar-refractivity contribution in [1.29, 1.82) is 0 Å². The standard InChI is InChI=1S/C27H25NO2/c1-18-9-13-20(14-10-18)25(29)22(26-28-23-7-5-6-8-24(23)30-26)17-19-11-15-21(16-12-19)27(2,3)4/h5-17H,1-4H3/b22-17-. The number of nitrogens with zero attached hydrogens (tertiary/aromatic N) is 1. The zero-order valence-electron chi connectivity index (χ0n) is 17.8. The van der Waals surface area contributed by atoms with Gasteiger partial charge in [0, 0.05) is 5.56 Å². The van der Waals surface area contributed by atoms with Gasteiger partial charge in [0.2, 0.25) is 5.89 Å². The van der Waals surface area contributed by atoms with Crippen molar-refractivity contribution < 1.29 is 9.21 Å². The average Bonchev–Trinajstić information content (AvgIpc) is 3.15. The van der Waals surface area contributed by atoms with Crippen LogP contribution in [0.3, 0.4) is 0 Å². The number of carbonyl (C=O) groups is 1. The second-order valence-corrected chi connectivity index (χ2v) is 8.61. The van der Waals surface area contributed by atoms with Crippen LogP contribution < -0.4 is 0 Å². The molecule has 0 fully saturated rings. The normalized spacial score (nSPS) is 12.3. The number of hydrogen-bond acceptors (Lipinski definition) is 3. The number of aromatic nitrogens is 1. The number of ketones is 1. The molecule has 3 nitrogen and oxygen atoms in total. The lowest BCUT2D eigenvalue weighted by Gasteiger charge is -2.18. The molecule has 3 aromatic carbocycles. The molecule has 30 heavy (non-hydrogen) atoms. The van der Waals surface area contributed by atoms with E-state index in [9.17, 15) is 4.79 Å². The molecule has 3 heteroatoms. The SMILES string of the molecule is Cc1ccc(C(=O)/C(=C/c2ccc(C(C)(C)C)cc2)c2nc3ccccc3o2)cc1. The number of allylic oxidation sites excluding steroid dienone is 1. The van der Waals surface area contributed by atoms with E-state index in [4.69, 9.17) is 4.42 Å². The fraction of sp³-hybridized carbons (Fsp3) is 0.185. The van der Waals surface area contributed by atoms with E-state index < -0.39 is 0 Å². The summed E-state index contributed by atoms with van der Waals surface area (Å²) in [4.78, 5) is 18.0. The van der Waals surface area contributed by atoms with Crippen molar-refractivity contribution in [2.75, 3.05) is 0 Å². The first kappa shape index (κ1) is 19.8. The van der Waals surface area contributed by atoms with Gasteiger partial charge in [-0.2, -0.15) is 0 Å². The summed E-state index contributed by atoms with van der Waals surface area (Å²) < 4.78 is 5.95. The maximum atomic E-state index is 13.4. The Morgan fingerprint density at radius 2 is 1.57 bits per heavy atom. The molecule has 150 valence electrons. The van der Waals surface area contributed by atoms with Crippen LogP contribution in [0.15, 0.2) is 77.2 Å². The molecule has 4 rings (SSSR count). The van der Waals surface area contributed by atoms with E-state index in [-0.39, 0.29) is 11.2 Å². The Bertz CT molecular complexity index is 1190. The molecule has 0 spiro atoms. The van der Waals surface area contributed by atoms with Crippen LogP contribution in [0.5, 0.6) is 0 Å². The van der Waals surface area contributed by atoms with E-state index in [0.29, 0.717) is 22.6 Å². The van der Waals surface area contributed by atoms with Gasteiger partial charge in [0.1, 0.15) is 5.52 Å². The van der Waals surface area contributed by atoms with Crippen LogP contribution in [0.2, 0.25) is 0 Å². The van der Waals surface area contributed by atoms with Gasteiger partial charge in [-0.1, -0.05) is 87.0 Å². The van der Waals surface area contributed by atoms with Crippen LogP contribution in [0, 0.1) is 6.92 Å². The van der Waals surface area contributed by atoms with Gasteiger partial charge in [-0.05, 0) is 41.7 Å². The fourth-order valence-electron chi connectivity index (χ4n) is 3.32. The fourth-order valence-corrected chi connectivity index (χ4v) is 3.32. The van der Waals surface area contributed by atoms with Gasteiger partial charge in [-0.25, -0.2) is 4.98 Å². The lowest BCUT2D eigenvalue weighted by molar-refractivity contribution is 0.105. The van der Waals surface area contributed by atoms with E-state index in [2.05, 4.69) is 37.9 Å². The molecule has 0 unspecified atom stereocenters. The quantitative estimate of drug-likeness (QED) is 0.280. The van der Waals surface area contributed by atoms with E-state index in [1.165, 1.54) is 5.56 Å². The third-order valence-corrected chi connectivity index (χ3v) is 5.17. The number of para-hydroxylation sites is 2. The number of benzene rings is 3. The number of hydrogen-bond donors (Lipinski definition) is 0. The zero-order valence-corrected chi connectivity index (χ0v) is 17.8. The van der Waals surface area contributed by atoms with Gasteiger partial charge in [0.25, 0.3) is 0 Å². The first-order valence-corrected chi connectivity index (χ1v) is 10.1. The smallest absolute Gasteiger partial charge is 0.231 e. The van der Waals surface area contributed by atoms with Gasteiger partial charge in [0.05, 0.1) is 5.57 Å². The van der Waals surface area contributed by atoms with Crippen LogP contribution in [0.4, 0.5) is 0 Å². The number of Topliss-reactive ketones (excluding diaryl/α,β-unsaturated/α-hetero) is 1. The van der Waals surface area contributed by atoms with Gasteiger partial charge < -0.3 is 4.42 Å². The molecular formula is C27H25NO2. The Kier molecular flexibility index (Phi) is 5.13. The average molecular weight is 396 g/mol. The first-order chi connectivity index (χ1) is 14.3. The van der Waals surface area contributed by atoms with E-state index >= 15 is 0 Å². The molecule has 0 aliphatic carbocycles. The van der Waals surface area contributed by atoms with E-state index in [0.717, 1.165) is 16.6 Å². The van der Waals surface area contributed by atoms with Crippen molar-refractivity contribution in [2.45, 2.75) is 33.1 Å². The molecule has 0 aliphatic rings. The maximum absolute atomic E-state index is 13.4. The Morgan fingerprint density at radius 3 is 2.20 bits per heavy atom. The highest BCUT2D eigenvalue weighted by Crippen LogP contribution is 2.28. The van der Waals surface area contributed by atoms with Gasteiger partial charge in [0.15, 0.2) is 11.4 Å². The summed E-state index contributed by atoms with van der Waals surface area (Å²) in [6, 6.07) is 23.4.